The Bertz CT molecular complexity index is 1140. The van der Waals surface area contributed by atoms with E-state index in [0.717, 1.165) is 12.1 Å². The van der Waals surface area contributed by atoms with Crippen LogP contribution in [0.1, 0.15) is 21.7 Å². The number of pyridine rings is 1. The van der Waals surface area contributed by atoms with E-state index in [9.17, 15) is 17.6 Å². The van der Waals surface area contributed by atoms with E-state index in [1.165, 1.54) is 23.7 Å². The molecule has 0 saturated heterocycles. The lowest BCUT2D eigenvalue weighted by Crippen LogP contribution is -2.31. The standard InChI is InChI=1S/C17H14BrFN4O3S/c1-10-5-6-12(19)9-15(10)27(25,26)22-17(24)14-8-11(2)23(21-14)16-13(18)4-3-7-20-16/h3-9H,1-2H3,(H,22,24). The first-order chi connectivity index (χ1) is 12.7. The summed E-state index contributed by atoms with van der Waals surface area (Å²) in [7, 11) is -4.25. The number of carbonyl (C=O) groups is 1. The topological polar surface area (TPSA) is 94.0 Å². The van der Waals surface area contributed by atoms with Crippen LogP contribution in [0.15, 0.2) is 52.0 Å². The van der Waals surface area contributed by atoms with Gasteiger partial charge in [0.15, 0.2) is 11.5 Å². The van der Waals surface area contributed by atoms with E-state index in [2.05, 4.69) is 26.0 Å². The fraction of sp³-hybridized carbons (Fsp3) is 0.118. The van der Waals surface area contributed by atoms with Gasteiger partial charge in [0.05, 0.1) is 9.37 Å². The number of halogens is 2. The summed E-state index contributed by atoms with van der Waals surface area (Å²) in [6, 6.07) is 8.26. The zero-order valence-electron chi connectivity index (χ0n) is 14.3. The summed E-state index contributed by atoms with van der Waals surface area (Å²) in [4.78, 5) is 16.3. The van der Waals surface area contributed by atoms with Crippen LogP contribution in [0.25, 0.3) is 5.82 Å². The molecule has 0 aliphatic heterocycles. The number of aromatic nitrogens is 3. The monoisotopic (exact) mass is 452 g/mol. The Labute approximate surface area is 163 Å². The molecule has 0 aliphatic rings. The van der Waals surface area contributed by atoms with Crippen LogP contribution in [-0.4, -0.2) is 29.1 Å². The van der Waals surface area contributed by atoms with Crippen molar-refractivity contribution < 1.29 is 17.6 Å². The number of benzene rings is 1. The maximum absolute atomic E-state index is 13.4. The van der Waals surface area contributed by atoms with E-state index in [-0.39, 0.29) is 10.6 Å². The van der Waals surface area contributed by atoms with Gasteiger partial charge in [0.25, 0.3) is 15.9 Å². The zero-order valence-corrected chi connectivity index (χ0v) is 16.7. The second-order valence-corrected chi connectivity index (χ2v) is 8.24. The summed E-state index contributed by atoms with van der Waals surface area (Å²) in [6.07, 6.45) is 1.57. The molecule has 3 aromatic rings. The molecule has 0 spiro atoms. The van der Waals surface area contributed by atoms with Crippen LogP contribution in [0, 0.1) is 19.7 Å². The summed E-state index contributed by atoms with van der Waals surface area (Å²) in [5.41, 5.74) is 0.789. The Morgan fingerprint density at radius 1 is 1.22 bits per heavy atom. The third-order valence-electron chi connectivity index (χ3n) is 3.73. The minimum absolute atomic E-state index is 0.109. The SMILES string of the molecule is Cc1ccc(F)cc1S(=O)(=O)NC(=O)c1cc(C)n(-c2ncccc2Br)n1. The average molecular weight is 453 g/mol. The second kappa shape index (κ2) is 7.20. The Hall–Kier alpha value is -2.59. The van der Waals surface area contributed by atoms with Crippen molar-refractivity contribution in [2.24, 2.45) is 0 Å². The maximum Gasteiger partial charge on any atom is 0.285 e. The third-order valence-corrected chi connectivity index (χ3v) is 5.82. The molecule has 0 fully saturated rings. The van der Waals surface area contributed by atoms with Gasteiger partial charge in [-0.05, 0) is 65.7 Å². The number of sulfonamides is 1. The number of aryl methyl sites for hydroxylation is 2. The van der Waals surface area contributed by atoms with Crippen LogP contribution in [0.4, 0.5) is 4.39 Å². The van der Waals surface area contributed by atoms with Crippen molar-refractivity contribution in [3.63, 3.8) is 0 Å². The molecule has 3 rings (SSSR count). The van der Waals surface area contributed by atoms with E-state index in [4.69, 9.17) is 0 Å². The van der Waals surface area contributed by atoms with E-state index in [1.807, 2.05) is 4.72 Å². The number of nitrogens with zero attached hydrogens (tertiary/aromatic N) is 3. The number of hydrogen-bond donors (Lipinski definition) is 1. The Kier molecular flexibility index (Phi) is 5.11. The van der Waals surface area contributed by atoms with E-state index in [1.54, 1.807) is 25.3 Å². The van der Waals surface area contributed by atoms with Crippen LogP contribution in [0.5, 0.6) is 0 Å². The van der Waals surface area contributed by atoms with Crippen molar-refractivity contribution in [2.45, 2.75) is 18.7 Å². The Balaban J connectivity index is 1.92. The Morgan fingerprint density at radius 3 is 2.67 bits per heavy atom. The highest BCUT2D eigenvalue weighted by Crippen LogP contribution is 2.20. The summed E-state index contributed by atoms with van der Waals surface area (Å²) >= 11 is 3.35. The van der Waals surface area contributed by atoms with E-state index >= 15 is 0 Å². The molecular formula is C17H14BrFN4O3S. The molecule has 0 unspecified atom stereocenters. The van der Waals surface area contributed by atoms with E-state index in [0.29, 0.717) is 21.5 Å². The van der Waals surface area contributed by atoms with Gasteiger partial charge in [-0.15, -0.1) is 0 Å². The fourth-order valence-electron chi connectivity index (χ4n) is 2.43. The summed E-state index contributed by atoms with van der Waals surface area (Å²) in [6.45, 7) is 3.21. The number of rotatable bonds is 4. The van der Waals surface area contributed by atoms with Crippen molar-refractivity contribution in [1.82, 2.24) is 19.5 Å². The normalized spacial score (nSPS) is 11.4. The summed E-state index contributed by atoms with van der Waals surface area (Å²) in [5.74, 6) is -1.18. The van der Waals surface area contributed by atoms with Gasteiger partial charge in [0, 0.05) is 11.9 Å². The molecule has 0 saturated carbocycles. The fourth-order valence-corrected chi connectivity index (χ4v) is 4.07. The quantitative estimate of drug-likeness (QED) is 0.656. The van der Waals surface area contributed by atoms with Crippen LogP contribution < -0.4 is 4.72 Å². The summed E-state index contributed by atoms with van der Waals surface area (Å²) in [5, 5.41) is 4.13. The van der Waals surface area contributed by atoms with Crippen LogP contribution in [-0.2, 0) is 10.0 Å². The summed E-state index contributed by atoms with van der Waals surface area (Å²) < 4.78 is 42.3. The zero-order chi connectivity index (χ0) is 19.8. The maximum atomic E-state index is 13.4. The first-order valence-corrected chi connectivity index (χ1v) is 9.97. The van der Waals surface area contributed by atoms with Crippen LogP contribution in [0.2, 0.25) is 0 Å². The first-order valence-electron chi connectivity index (χ1n) is 7.70. The molecule has 7 nitrogen and oxygen atoms in total. The highest BCUT2D eigenvalue weighted by Gasteiger charge is 2.24. The molecule has 1 aromatic carbocycles. The number of hydrogen-bond acceptors (Lipinski definition) is 5. The van der Waals surface area contributed by atoms with Crippen molar-refractivity contribution >= 4 is 31.9 Å². The lowest BCUT2D eigenvalue weighted by atomic mass is 10.2. The van der Waals surface area contributed by atoms with Crippen molar-refractivity contribution in [1.29, 1.82) is 0 Å². The number of amides is 1. The smallest absolute Gasteiger partial charge is 0.266 e. The molecule has 10 heteroatoms. The molecule has 140 valence electrons. The van der Waals surface area contributed by atoms with Gasteiger partial charge >= 0.3 is 0 Å². The second-order valence-electron chi connectivity index (χ2n) is 5.74. The molecule has 0 bridgehead atoms. The highest BCUT2D eigenvalue weighted by atomic mass is 79.9. The van der Waals surface area contributed by atoms with Gasteiger partial charge in [0.2, 0.25) is 0 Å². The minimum atomic E-state index is -4.25. The largest absolute Gasteiger partial charge is 0.285 e. The van der Waals surface area contributed by atoms with Gasteiger partial charge in [-0.25, -0.2) is 27.2 Å². The molecule has 0 atom stereocenters. The molecule has 2 heterocycles. The Morgan fingerprint density at radius 2 is 1.96 bits per heavy atom. The highest BCUT2D eigenvalue weighted by molar-refractivity contribution is 9.10. The van der Waals surface area contributed by atoms with Crippen molar-refractivity contribution in [3.05, 3.63) is 69.8 Å². The molecule has 1 N–H and O–H groups in total. The van der Waals surface area contributed by atoms with Gasteiger partial charge < -0.3 is 0 Å². The molecule has 2 aromatic heterocycles. The minimum Gasteiger partial charge on any atom is -0.266 e. The average Bonchev–Trinajstić information content (AvgIpc) is 2.99. The van der Waals surface area contributed by atoms with Crippen molar-refractivity contribution in [2.75, 3.05) is 0 Å². The molecule has 27 heavy (non-hydrogen) atoms. The van der Waals surface area contributed by atoms with Gasteiger partial charge in [-0.1, -0.05) is 6.07 Å². The molecule has 1 amide bonds. The lowest BCUT2D eigenvalue weighted by molar-refractivity contribution is 0.0976. The molecule has 0 aliphatic carbocycles. The number of carbonyl (C=O) groups excluding carboxylic acids is 1. The van der Waals surface area contributed by atoms with Gasteiger partial charge in [-0.3, -0.25) is 4.79 Å². The molecular weight excluding hydrogens is 439 g/mol. The lowest BCUT2D eigenvalue weighted by Gasteiger charge is -2.08. The third kappa shape index (κ3) is 3.91. The van der Waals surface area contributed by atoms with Crippen LogP contribution in [0.3, 0.4) is 0 Å². The van der Waals surface area contributed by atoms with E-state index < -0.39 is 21.7 Å². The predicted octanol–water partition coefficient (Wildman–Crippen LogP) is 2.90. The van der Waals surface area contributed by atoms with Crippen molar-refractivity contribution in [3.8, 4) is 5.82 Å². The van der Waals surface area contributed by atoms with Gasteiger partial charge in [-0.2, -0.15) is 5.10 Å². The van der Waals surface area contributed by atoms with Crippen LogP contribution >= 0.6 is 15.9 Å². The predicted molar refractivity (Wildman–Crippen MR) is 99.6 cm³/mol. The first kappa shape index (κ1) is 19.2. The number of nitrogens with one attached hydrogen (secondary N) is 1. The molecule has 0 radical (unpaired) electrons. The van der Waals surface area contributed by atoms with Gasteiger partial charge in [0.1, 0.15) is 5.82 Å².